The topological polar surface area (TPSA) is 69.4 Å². The van der Waals surface area contributed by atoms with Gasteiger partial charge in [0.05, 0.1) is 16.9 Å². The van der Waals surface area contributed by atoms with Crippen LogP contribution in [0.1, 0.15) is 31.7 Å². The highest BCUT2D eigenvalue weighted by Gasteiger charge is 2.17. The number of benzene rings is 2. The molecule has 1 aliphatic heterocycles. The molecule has 3 aromatic heterocycles. The van der Waals surface area contributed by atoms with Gasteiger partial charge in [-0.1, -0.05) is 43.0 Å². The number of hydrogen-bond donors (Lipinski definition) is 3. The van der Waals surface area contributed by atoms with E-state index in [1.54, 1.807) is 12.3 Å². The fraction of sp³-hybridized carbons (Fsp3) is 0.212. The van der Waals surface area contributed by atoms with Gasteiger partial charge < -0.3 is 10.3 Å². The highest BCUT2D eigenvalue weighted by molar-refractivity contribution is 6.00. The molecule has 0 spiro atoms. The van der Waals surface area contributed by atoms with Gasteiger partial charge in [0.2, 0.25) is 0 Å². The molecule has 0 amide bonds. The van der Waals surface area contributed by atoms with Crippen molar-refractivity contribution >= 4 is 27.4 Å². The smallest absolute Gasteiger partial charge is 0.123 e. The quantitative estimate of drug-likeness (QED) is 0.193. The average molecular weight is 518 g/mol. The summed E-state index contributed by atoms with van der Waals surface area (Å²) in [4.78, 5) is 8.06. The molecule has 4 heterocycles. The lowest BCUT2D eigenvalue weighted by molar-refractivity contribution is 0.374. The number of rotatable bonds is 7. The van der Waals surface area contributed by atoms with Crippen LogP contribution in [-0.4, -0.2) is 33.3 Å². The van der Waals surface area contributed by atoms with Crippen molar-refractivity contribution < 1.29 is 4.39 Å². The first-order chi connectivity index (χ1) is 19.1. The van der Waals surface area contributed by atoms with Crippen molar-refractivity contribution in [2.45, 2.75) is 26.2 Å². The second-order valence-corrected chi connectivity index (χ2v) is 10.2. The van der Waals surface area contributed by atoms with Crippen molar-refractivity contribution in [3.8, 4) is 22.6 Å². The second-order valence-electron chi connectivity index (χ2n) is 10.2. The van der Waals surface area contributed by atoms with Crippen LogP contribution in [0.3, 0.4) is 0 Å². The summed E-state index contributed by atoms with van der Waals surface area (Å²) >= 11 is 0. The van der Waals surface area contributed by atoms with Crippen molar-refractivity contribution in [2.75, 3.05) is 13.1 Å². The minimum absolute atomic E-state index is 0.280. The van der Waals surface area contributed by atoms with Crippen LogP contribution in [0.4, 0.5) is 4.39 Å². The molecule has 39 heavy (non-hydrogen) atoms. The number of allylic oxidation sites excluding steroid dienone is 5. The number of pyridine rings is 1. The predicted molar refractivity (Wildman–Crippen MR) is 159 cm³/mol. The molecule has 0 bridgehead atoms. The van der Waals surface area contributed by atoms with Crippen molar-refractivity contribution in [3.05, 3.63) is 103 Å². The van der Waals surface area contributed by atoms with E-state index in [2.05, 4.69) is 75.4 Å². The predicted octanol–water partition coefficient (Wildman–Crippen LogP) is 7.82. The molecule has 5 aromatic rings. The monoisotopic (exact) mass is 517 g/mol. The molecule has 3 N–H and O–H groups in total. The highest BCUT2D eigenvalue weighted by atomic mass is 19.1. The third kappa shape index (κ3) is 5.08. The van der Waals surface area contributed by atoms with Crippen LogP contribution in [0.5, 0.6) is 0 Å². The van der Waals surface area contributed by atoms with Crippen LogP contribution in [0.15, 0.2) is 91.2 Å². The van der Waals surface area contributed by atoms with Crippen molar-refractivity contribution in [1.29, 1.82) is 0 Å². The van der Waals surface area contributed by atoms with E-state index in [-0.39, 0.29) is 5.82 Å². The van der Waals surface area contributed by atoms with Gasteiger partial charge in [0, 0.05) is 28.0 Å². The molecular weight excluding hydrogens is 485 g/mol. The zero-order chi connectivity index (χ0) is 26.8. The van der Waals surface area contributed by atoms with Crippen molar-refractivity contribution in [2.24, 2.45) is 5.92 Å². The highest BCUT2D eigenvalue weighted by Crippen LogP contribution is 2.34. The first-order valence-electron chi connectivity index (χ1n) is 13.6. The zero-order valence-corrected chi connectivity index (χ0v) is 22.1. The Morgan fingerprint density at radius 3 is 2.67 bits per heavy atom. The molecule has 0 atom stereocenters. The van der Waals surface area contributed by atoms with E-state index >= 15 is 0 Å². The third-order valence-corrected chi connectivity index (χ3v) is 7.69. The lowest BCUT2D eigenvalue weighted by Crippen LogP contribution is -2.27. The van der Waals surface area contributed by atoms with E-state index in [0.717, 1.165) is 69.5 Å². The second kappa shape index (κ2) is 10.8. The minimum atomic E-state index is -0.280. The molecule has 5 nitrogen and oxygen atoms in total. The normalized spacial score (nSPS) is 15.3. The number of fused-ring (bicyclic) bond motifs is 2. The summed E-state index contributed by atoms with van der Waals surface area (Å²) in [7, 11) is 0. The Morgan fingerprint density at radius 1 is 1.03 bits per heavy atom. The Labute approximate surface area is 227 Å². The largest absolute Gasteiger partial charge is 0.353 e. The van der Waals surface area contributed by atoms with Crippen LogP contribution in [0.25, 0.3) is 50.0 Å². The van der Waals surface area contributed by atoms with E-state index in [4.69, 9.17) is 0 Å². The summed E-state index contributed by atoms with van der Waals surface area (Å²) in [5, 5.41) is 13.3. The summed E-state index contributed by atoms with van der Waals surface area (Å²) in [6.45, 7) is 8.37. The maximum atomic E-state index is 13.9. The summed E-state index contributed by atoms with van der Waals surface area (Å²) in [5.41, 5.74) is 8.68. The maximum Gasteiger partial charge on any atom is 0.123 e. The Balaban J connectivity index is 1.37. The average Bonchev–Trinajstić information content (AvgIpc) is 3.59. The number of nitrogens with one attached hydrogen (secondary N) is 3. The summed E-state index contributed by atoms with van der Waals surface area (Å²) < 4.78 is 13.9. The van der Waals surface area contributed by atoms with Crippen molar-refractivity contribution in [1.82, 2.24) is 25.5 Å². The lowest BCUT2D eigenvalue weighted by Gasteiger charge is -2.23. The van der Waals surface area contributed by atoms with Crippen LogP contribution >= 0.6 is 0 Å². The number of aromatic nitrogens is 4. The number of H-pyrrole nitrogens is 2. The van der Waals surface area contributed by atoms with E-state index in [1.807, 2.05) is 18.2 Å². The van der Waals surface area contributed by atoms with Crippen LogP contribution in [-0.2, 0) is 0 Å². The molecule has 0 aliphatic carbocycles. The van der Waals surface area contributed by atoms with Gasteiger partial charge in [-0.3, -0.25) is 10.1 Å². The zero-order valence-electron chi connectivity index (χ0n) is 22.1. The molecule has 1 fully saturated rings. The molecule has 1 aliphatic rings. The summed E-state index contributed by atoms with van der Waals surface area (Å²) in [6, 6.07) is 16.9. The number of nitrogens with zero attached hydrogens (tertiary/aromatic N) is 2. The van der Waals surface area contributed by atoms with Gasteiger partial charge >= 0.3 is 0 Å². The first kappa shape index (κ1) is 25.0. The van der Waals surface area contributed by atoms with E-state index < -0.39 is 0 Å². The van der Waals surface area contributed by atoms with E-state index in [0.29, 0.717) is 5.92 Å². The third-order valence-electron chi connectivity index (χ3n) is 7.69. The van der Waals surface area contributed by atoms with E-state index in [9.17, 15) is 4.39 Å². The van der Waals surface area contributed by atoms with Crippen molar-refractivity contribution in [3.63, 3.8) is 0 Å². The standard InChI is InChI=1S/C33H32FN5/c1-3-21(16-22-10-13-35-14-11-22)17-23(4-2)24-8-9-30-27(19-24)33(39-38-30)31-20-28-29(37-31)12-15-36-32(28)25-6-5-7-26(34)18-25/h3-9,12,15,17-20,22,35,37H,1,10-11,13-14,16H2,2H3,(H,38,39)/b21-17+,23-4+. The molecule has 2 aromatic carbocycles. The molecule has 6 rings (SSSR count). The number of hydrogen-bond acceptors (Lipinski definition) is 3. The molecular formula is C33H32FN5. The van der Waals surface area contributed by atoms with Gasteiger partial charge in [-0.25, -0.2) is 4.39 Å². The number of aromatic amines is 2. The van der Waals surface area contributed by atoms with Gasteiger partial charge in [-0.15, -0.1) is 0 Å². The van der Waals surface area contributed by atoms with Gasteiger partial charge in [0.1, 0.15) is 11.5 Å². The summed E-state index contributed by atoms with van der Waals surface area (Å²) in [6.07, 6.45) is 11.7. The lowest BCUT2D eigenvalue weighted by atomic mass is 9.89. The van der Waals surface area contributed by atoms with Gasteiger partial charge in [0.25, 0.3) is 0 Å². The van der Waals surface area contributed by atoms with E-state index in [1.165, 1.54) is 36.1 Å². The molecule has 0 radical (unpaired) electrons. The van der Waals surface area contributed by atoms with Crippen LogP contribution in [0.2, 0.25) is 0 Å². The Hall–Kier alpha value is -4.29. The molecule has 196 valence electrons. The Morgan fingerprint density at radius 2 is 1.87 bits per heavy atom. The van der Waals surface area contributed by atoms with Crippen LogP contribution in [0, 0.1) is 11.7 Å². The maximum absolute atomic E-state index is 13.9. The summed E-state index contributed by atoms with van der Waals surface area (Å²) in [5.74, 6) is 0.419. The molecule has 0 unspecified atom stereocenters. The van der Waals surface area contributed by atoms with Gasteiger partial charge in [0.15, 0.2) is 0 Å². The number of piperidine rings is 1. The minimum Gasteiger partial charge on any atom is -0.353 e. The molecule has 6 heteroatoms. The van der Waals surface area contributed by atoms with Gasteiger partial charge in [-0.05, 0) is 98.3 Å². The van der Waals surface area contributed by atoms with Gasteiger partial charge in [-0.2, -0.15) is 5.10 Å². The number of halogens is 1. The fourth-order valence-electron chi connectivity index (χ4n) is 5.60. The fourth-order valence-corrected chi connectivity index (χ4v) is 5.60. The molecule has 1 saturated heterocycles. The first-order valence-corrected chi connectivity index (χ1v) is 13.6. The Bertz CT molecular complexity index is 1710. The SMILES string of the molecule is C=C/C(=C\C(=C/C)c1ccc2[nH]nc(-c3cc4c(-c5cccc(F)c5)nccc4[nH]3)c2c1)CC1CCNCC1. The molecule has 0 saturated carbocycles. The Kier molecular flexibility index (Phi) is 6.95. The van der Waals surface area contributed by atoms with Crippen LogP contribution < -0.4 is 5.32 Å².